The molecule has 0 saturated heterocycles. The number of rotatable bonds is 6. The van der Waals surface area contributed by atoms with E-state index in [2.05, 4.69) is 20.7 Å². The highest BCUT2D eigenvalue weighted by Crippen LogP contribution is 2.18. The Morgan fingerprint density at radius 1 is 1.44 bits per heavy atom. The van der Waals surface area contributed by atoms with Crippen LogP contribution in [-0.2, 0) is 14.9 Å². The molecule has 108 valence electrons. The average Bonchev–Trinajstić information content (AvgIpc) is 2.14. The van der Waals surface area contributed by atoms with Gasteiger partial charge in [-0.3, -0.25) is 0 Å². The van der Waals surface area contributed by atoms with Gasteiger partial charge in [0.05, 0.1) is 6.61 Å². The zero-order chi connectivity index (χ0) is 14.4. The monoisotopic (exact) mass is 356 g/mol. The van der Waals surface area contributed by atoms with Crippen LogP contribution in [-0.4, -0.2) is 50.0 Å². The van der Waals surface area contributed by atoms with Crippen LogP contribution in [0, 0.1) is 0 Å². The summed E-state index contributed by atoms with van der Waals surface area (Å²) < 4.78 is 65.3. The zero-order valence-corrected chi connectivity index (χ0v) is 11.7. The average molecular weight is 357 g/mol. The second-order valence-corrected chi connectivity index (χ2v) is 5.43. The number of hydrogen-bond donors (Lipinski definition) is 1. The molecule has 11 heteroatoms. The molecule has 0 saturated carbocycles. The fourth-order valence-corrected chi connectivity index (χ4v) is 2.62. The highest BCUT2D eigenvalue weighted by atomic mass is 79.9. The van der Waals surface area contributed by atoms with Crippen molar-refractivity contribution < 1.29 is 31.1 Å². The van der Waals surface area contributed by atoms with Crippen molar-refractivity contribution in [2.24, 2.45) is 0 Å². The van der Waals surface area contributed by atoms with E-state index in [1.54, 1.807) is 0 Å². The van der Waals surface area contributed by atoms with Gasteiger partial charge in [-0.2, -0.15) is 25.9 Å². The molecule has 0 aliphatic rings. The molecule has 18 heavy (non-hydrogen) atoms. The highest BCUT2D eigenvalue weighted by Gasteiger charge is 2.36. The van der Waals surface area contributed by atoms with Crippen LogP contribution < -0.4 is 4.72 Å². The molecule has 1 amide bonds. The first-order valence-electron chi connectivity index (χ1n) is 4.69. The molecule has 0 atom stereocenters. The number of ether oxygens (including phenoxy) is 1. The van der Waals surface area contributed by atoms with Crippen molar-refractivity contribution in [3.63, 3.8) is 0 Å². The third kappa shape index (κ3) is 7.01. The Kier molecular flexibility index (Phi) is 6.92. The predicted octanol–water partition coefficient (Wildman–Crippen LogP) is 1.24. The van der Waals surface area contributed by atoms with Crippen LogP contribution in [0.4, 0.5) is 18.0 Å². The molecule has 0 aromatic carbocycles. The van der Waals surface area contributed by atoms with Gasteiger partial charge < -0.3 is 4.74 Å². The third-order valence-electron chi connectivity index (χ3n) is 1.52. The maximum atomic E-state index is 12.2. The summed E-state index contributed by atoms with van der Waals surface area (Å²) in [7, 11) is -4.58. The fourth-order valence-electron chi connectivity index (χ4n) is 0.909. The van der Waals surface area contributed by atoms with Crippen LogP contribution in [0.25, 0.3) is 0 Å². The number of alkyl halides is 4. The number of hydrogen-bond acceptors (Lipinski definition) is 4. The molecule has 0 fully saturated rings. The standard InChI is InChI=1S/C7H12BrF3N2O4S/c1-2-17-6(14)12-18(15,16)13(4-3-8)5-7(9,10)11/h2-5H2,1H3,(H,12,14). The molecular formula is C7H12BrF3N2O4S. The van der Waals surface area contributed by atoms with E-state index in [-0.39, 0.29) is 16.2 Å². The molecule has 6 nitrogen and oxygen atoms in total. The Balaban J connectivity index is 4.82. The summed E-state index contributed by atoms with van der Waals surface area (Å²) in [5.74, 6) is 0. The molecular weight excluding hydrogens is 345 g/mol. The second kappa shape index (κ2) is 7.14. The quantitative estimate of drug-likeness (QED) is 0.726. The number of halogens is 4. The summed E-state index contributed by atoms with van der Waals surface area (Å²) in [4.78, 5) is 10.9. The number of amides is 1. The summed E-state index contributed by atoms with van der Waals surface area (Å²) in [6.45, 7) is -0.793. The lowest BCUT2D eigenvalue weighted by Gasteiger charge is -2.22. The van der Waals surface area contributed by atoms with Crippen LogP contribution in [0.3, 0.4) is 0 Å². The largest absolute Gasteiger partial charge is 0.449 e. The molecule has 0 aliphatic carbocycles. The van der Waals surface area contributed by atoms with Crippen molar-refractivity contribution in [2.45, 2.75) is 13.1 Å². The molecule has 0 spiro atoms. The van der Waals surface area contributed by atoms with Gasteiger partial charge in [-0.1, -0.05) is 15.9 Å². The maximum Gasteiger partial charge on any atom is 0.421 e. The Morgan fingerprint density at radius 3 is 2.39 bits per heavy atom. The van der Waals surface area contributed by atoms with Crippen LogP contribution in [0.5, 0.6) is 0 Å². The van der Waals surface area contributed by atoms with E-state index in [0.29, 0.717) is 0 Å². The molecule has 0 bridgehead atoms. The normalized spacial score (nSPS) is 12.6. The van der Waals surface area contributed by atoms with Gasteiger partial charge in [0.1, 0.15) is 6.54 Å². The number of nitrogens with zero attached hydrogens (tertiary/aromatic N) is 1. The summed E-state index contributed by atoms with van der Waals surface area (Å²) >= 11 is 2.83. The highest BCUT2D eigenvalue weighted by molar-refractivity contribution is 9.09. The third-order valence-corrected chi connectivity index (χ3v) is 3.29. The second-order valence-electron chi connectivity index (χ2n) is 2.97. The molecule has 0 radical (unpaired) electrons. The van der Waals surface area contributed by atoms with Crippen LogP contribution in [0.15, 0.2) is 0 Å². The first kappa shape index (κ1) is 17.4. The van der Waals surface area contributed by atoms with Crippen LogP contribution >= 0.6 is 15.9 Å². The maximum absolute atomic E-state index is 12.2. The van der Waals surface area contributed by atoms with E-state index in [0.717, 1.165) is 0 Å². The summed E-state index contributed by atoms with van der Waals surface area (Å²) in [6.07, 6.45) is -6.02. The van der Waals surface area contributed by atoms with E-state index < -0.39 is 35.6 Å². The van der Waals surface area contributed by atoms with Gasteiger partial charge in [-0.25, -0.2) is 9.52 Å². The molecule has 0 aliphatic heterocycles. The van der Waals surface area contributed by atoms with Gasteiger partial charge in [-0.15, -0.1) is 0 Å². The minimum atomic E-state index is -4.70. The fraction of sp³-hybridized carbons (Fsp3) is 0.857. The van der Waals surface area contributed by atoms with E-state index in [4.69, 9.17) is 0 Å². The Labute approximate surface area is 111 Å². The van der Waals surface area contributed by atoms with E-state index in [9.17, 15) is 26.4 Å². The van der Waals surface area contributed by atoms with Gasteiger partial charge in [-0.05, 0) is 6.92 Å². The number of carbonyl (C=O) groups is 1. The van der Waals surface area contributed by atoms with Gasteiger partial charge in [0.2, 0.25) is 0 Å². The van der Waals surface area contributed by atoms with Gasteiger partial charge in [0.15, 0.2) is 0 Å². The Bertz CT molecular complexity index is 373. The molecule has 0 aromatic heterocycles. The van der Waals surface area contributed by atoms with Crippen LogP contribution in [0.2, 0.25) is 0 Å². The topological polar surface area (TPSA) is 75.7 Å². The van der Waals surface area contributed by atoms with Gasteiger partial charge >= 0.3 is 22.5 Å². The zero-order valence-electron chi connectivity index (χ0n) is 9.33. The predicted molar refractivity (Wildman–Crippen MR) is 60.5 cm³/mol. The molecule has 0 aromatic rings. The summed E-state index contributed by atoms with van der Waals surface area (Å²) in [6, 6.07) is 0. The van der Waals surface area contributed by atoms with Crippen molar-refractivity contribution in [3.8, 4) is 0 Å². The van der Waals surface area contributed by atoms with Gasteiger partial charge in [0.25, 0.3) is 0 Å². The molecule has 0 heterocycles. The lowest BCUT2D eigenvalue weighted by molar-refractivity contribution is -0.135. The summed E-state index contributed by atoms with van der Waals surface area (Å²) in [5, 5.41) is -0.00713. The lowest BCUT2D eigenvalue weighted by Crippen LogP contribution is -2.48. The molecule has 1 N–H and O–H groups in total. The van der Waals surface area contributed by atoms with Gasteiger partial charge in [0, 0.05) is 11.9 Å². The van der Waals surface area contributed by atoms with E-state index >= 15 is 0 Å². The Morgan fingerprint density at radius 2 is 2.00 bits per heavy atom. The molecule has 0 unspecified atom stereocenters. The first-order valence-corrected chi connectivity index (χ1v) is 7.26. The first-order chi connectivity index (χ1) is 8.12. The minimum absolute atomic E-state index is 0.00713. The van der Waals surface area contributed by atoms with Crippen molar-refractivity contribution in [1.29, 1.82) is 0 Å². The minimum Gasteiger partial charge on any atom is -0.449 e. The van der Waals surface area contributed by atoms with Crippen molar-refractivity contribution in [2.75, 3.05) is 25.0 Å². The van der Waals surface area contributed by atoms with Crippen molar-refractivity contribution in [3.05, 3.63) is 0 Å². The number of carbonyl (C=O) groups excluding carboxylic acids is 1. The smallest absolute Gasteiger partial charge is 0.421 e. The summed E-state index contributed by atoms with van der Waals surface area (Å²) in [5.41, 5.74) is 0. The number of nitrogens with one attached hydrogen (secondary N) is 1. The Hall–Kier alpha value is -0.550. The lowest BCUT2D eigenvalue weighted by atomic mass is 10.6. The van der Waals surface area contributed by atoms with Crippen molar-refractivity contribution in [1.82, 2.24) is 9.03 Å². The van der Waals surface area contributed by atoms with E-state index in [1.165, 1.54) is 11.6 Å². The van der Waals surface area contributed by atoms with Crippen LogP contribution in [0.1, 0.15) is 6.92 Å². The molecule has 0 rings (SSSR count). The van der Waals surface area contributed by atoms with Crippen molar-refractivity contribution >= 4 is 32.2 Å². The SMILES string of the molecule is CCOC(=O)NS(=O)(=O)N(CCBr)CC(F)(F)F. The van der Waals surface area contributed by atoms with E-state index in [1.807, 2.05) is 0 Å².